The molecule has 0 bridgehead atoms. The lowest BCUT2D eigenvalue weighted by molar-refractivity contribution is -0.384. The van der Waals surface area contributed by atoms with Gasteiger partial charge in [-0.15, -0.1) is 0 Å². The van der Waals surface area contributed by atoms with Crippen LogP contribution in [0.4, 0.5) is 10.1 Å². The third-order valence-electron chi connectivity index (χ3n) is 4.82. The minimum absolute atomic E-state index is 0.0152. The first-order valence-corrected chi connectivity index (χ1v) is 9.00. The second-order valence-corrected chi connectivity index (χ2v) is 6.81. The highest BCUT2D eigenvalue weighted by Crippen LogP contribution is 2.16. The summed E-state index contributed by atoms with van der Waals surface area (Å²) in [6.45, 7) is 2.18. The lowest BCUT2D eigenvalue weighted by Gasteiger charge is -2.32. The lowest BCUT2D eigenvalue weighted by Crippen LogP contribution is -2.44. The van der Waals surface area contributed by atoms with Crippen LogP contribution in [0.25, 0.3) is 0 Å². The molecule has 1 amide bonds. The average molecular weight is 371 g/mol. The van der Waals surface area contributed by atoms with E-state index in [1.807, 2.05) is 6.07 Å². The fourth-order valence-corrected chi connectivity index (χ4v) is 3.30. The molecule has 0 radical (unpaired) electrons. The summed E-state index contributed by atoms with van der Waals surface area (Å²) in [5.41, 5.74) is 1.45. The van der Waals surface area contributed by atoms with Gasteiger partial charge in [-0.25, -0.2) is 4.39 Å². The van der Waals surface area contributed by atoms with Gasteiger partial charge in [-0.1, -0.05) is 30.3 Å². The van der Waals surface area contributed by atoms with Gasteiger partial charge in [0, 0.05) is 43.4 Å². The molecule has 0 saturated carbocycles. The number of nitrogens with one attached hydrogen (secondary N) is 1. The standard InChI is InChI=1S/C20H22FN3O3/c21-19-4-2-1-3-16(19)14-23-11-9-17(10-12-23)22-20(25)13-15-5-7-18(8-6-15)24(26)27/h1-8,17H,9-14H2,(H,22,25). The van der Waals surface area contributed by atoms with Crippen LogP contribution in [0.5, 0.6) is 0 Å². The molecule has 2 aromatic carbocycles. The summed E-state index contributed by atoms with van der Waals surface area (Å²) in [5, 5.41) is 13.7. The predicted molar refractivity (Wildman–Crippen MR) is 99.6 cm³/mol. The maximum atomic E-state index is 13.7. The van der Waals surface area contributed by atoms with Crippen LogP contribution in [0, 0.1) is 15.9 Å². The molecule has 1 aliphatic heterocycles. The topological polar surface area (TPSA) is 75.5 Å². The van der Waals surface area contributed by atoms with Crippen LogP contribution in [-0.4, -0.2) is 34.9 Å². The lowest BCUT2D eigenvalue weighted by atomic mass is 10.0. The van der Waals surface area contributed by atoms with Crippen LogP contribution in [-0.2, 0) is 17.8 Å². The van der Waals surface area contributed by atoms with E-state index in [1.165, 1.54) is 18.2 Å². The number of nitrogens with zero attached hydrogens (tertiary/aromatic N) is 2. The molecule has 0 spiro atoms. The first kappa shape index (κ1) is 19.0. The minimum atomic E-state index is -0.459. The Labute approximate surface area is 157 Å². The number of nitro groups is 1. The van der Waals surface area contributed by atoms with Gasteiger partial charge in [0.25, 0.3) is 5.69 Å². The first-order valence-electron chi connectivity index (χ1n) is 9.00. The Hall–Kier alpha value is -2.80. The second kappa shape index (κ2) is 8.73. The minimum Gasteiger partial charge on any atom is -0.353 e. The Morgan fingerprint density at radius 3 is 2.44 bits per heavy atom. The fourth-order valence-electron chi connectivity index (χ4n) is 3.30. The Bertz CT molecular complexity index is 802. The van der Waals surface area contributed by atoms with E-state index in [0.29, 0.717) is 12.1 Å². The number of carbonyl (C=O) groups excluding carboxylic acids is 1. The van der Waals surface area contributed by atoms with Crippen LogP contribution >= 0.6 is 0 Å². The van der Waals surface area contributed by atoms with E-state index in [1.54, 1.807) is 24.3 Å². The summed E-state index contributed by atoms with van der Waals surface area (Å²) >= 11 is 0. The Morgan fingerprint density at radius 2 is 1.81 bits per heavy atom. The van der Waals surface area contributed by atoms with E-state index in [4.69, 9.17) is 0 Å². The number of hydrogen-bond donors (Lipinski definition) is 1. The van der Waals surface area contributed by atoms with E-state index in [2.05, 4.69) is 10.2 Å². The van der Waals surface area contributed by atoms with Crippen molar-refractivity contribution in [1.29, 1.82) is 0 Å². The molecule has 2 aromatic rings. The van der Waals surface area contributed by atoms with Gasteiger partial charge in [0.05, 0.1) is 11.3 Å². The number of carbonyl (C=O) groups is 1. The van der Waals surface area contributed by atoms with Crippen molar-refractivity contribution in [3.8, 4) is 0 Å². The van der Waals surface area contributed by atoms with Crippen molar-refractivity contribution < 1.29 is 14.1 Å². The summed E-state index contributed by atoms with van der Waals surface area (Å²) in [6, 6.07) is 12.9. The molecule has 7 heteroatoms. The Kier molecular flexibility index (Phi) is 6.13. The maximum Gasteiger partial charge on any atom is 0.269 e. The summed E-state index contributed by atoms with van der Waals surface area (Å²) in [5.74, 6) is -0.271. The van der Waals surface area contributed by atoms with Crippen LogP contribution in [0.15, 0.2) is 48.5 Å². The van der Waals surface area contributed by atoms with E-state index in [-0.39, 0.29) is 29.9 Å². The molecule has 3 rings (SSSR count). The highest BCUT2D eigenvalue weighted by molar-refractivity contribution is 5.78. The molecule has 0 aliphatic carbocycles. The SMILES string of the molecule is O=C(Cc1ccc([N+](=O)[O-])cc1)NC1CCN(Cc2ccccc2F)CC1. The van der Waals surface area contributed by atoms with E-state index < -0.39 is 4.92 Å². The average Bonchev–Trinajstić information content (AvgIpc) is 2.65. The Balaban J connectivity index is 1.44. The van der Waals surface area contributed by atoms with Crippen molar-refractivity contribution in [3.05, 3.63) is 75.6 Å². The highest BCUT2D eigenvalue weighted by atomic mass is 19.1. The molecule has 1 N–H and O–H groups in total. The third-order valence-corrected chi connectivity index (χ3v) is 4.82. The molecule has 0 atom stereocenters. The Morgan fingerprint density at radius 1 is 1.15 bits per heavy atom. The molecule has 1 heterocycles. The highest BCUT2D eigenvalue weighted by Gasteiger charge is 2.21. The van der Waals surface area contributed by atoms with Crippen molar-refractivity contribution in [3.63, 3.8) is 0 Å². The molecular formula is C20H22FN3O3. The fraction of sp³-hybridized carbons (Fsp3) is 0.350. The molecule has 1 fully saturated rings. The number of hydrogen-bond acceptors (Lipinski definition) is 4. The number of rotatable bonds is 6. The molecule has 0 aromatic heterocycles. The van der Waals surface area contributed by atoms with Gasteiger partial charge in [0.15, 0.2) is 0 Å². The van der Waals surface area contributed by atoms with Gasteiger partial charge in [-0.05, 0) is 24.5 Å². The number of piperidine rings is 1. The summed E-state index contributed by atoms with van der Waals surface area (Å²) in [4.78, 5) is 24.6. The summed E-state index contributed by atoms with van der Waals surface area (Å²) in [7, 11) is 0. The van der Waals surface area contributed by atoms with Gasteiger partial charge < -0.3 is 5.32 Å². The van der Waals surface area contributed by atoms with Crippen LogP contribution in [0.3, 0.4) is 0 Å². The third kappa shape index (κ3) is 5.34. The van der Waals surface area contributed by atoms with Crippen molar-refractivity contribution in [1.82, 2.24) is 10.2 Å². The number of amides is 1. The van der Waals surface area contributed by atoms with Crippen LogP contribution in [0.2, 0.25) is 0 Å². The number of benzene rings is 2. The van der Waals surface area contributed by atoms with Crippen molar-refractivity contribution >= 4 is 11.6 Å². The predicted octanol–water partition coefficient (Wildman–Crippen LogP) is 3.06. The number of nitro benzene ring substituents is 1. The summed E-state index contributed by atoms with van der Waals surface area (Å²) < 4.78 is 13.7. The summed E-state index contributed by atoms with van der Waals surface area (Å²) in [6.07, 6.45) is 1.84. The van der Waals surface area contributed by atoms with Crippen molar-refractivity contribution in [2.24, 2.45) is 0 Å². The zero-order valence-corrected chi connectivity index (χ0v) is 14.9. The van der Waals surface area contributed by atoms with Crippen molar-refractivity contribution in [2.45, 2.75) is 31.8 Å². The number of likely N-dealkylation sites (tertiary alicyclic amines) is 1. The number of non-ortho nitro benzene ring substituents is 1. The molecule has 142 valence electrons. The molecular weight excluding hydrogens is 349 g/mol. The van der Waals surface area contributed by atoms with Gasteiger partial charge >= 0.3 is 0 Å². The van der Waals surface area contributed by atoms with Gasteiger partial charge in [0.1, 0.15) is 5.82 Å². The zero-order valence-electron chi connectivity index (χ0n) is 14.9. The first-order chi connectivity index (χ1) is 13.0. The van der Waals surface area contributed by atoms with Gasteiger partial charge in [-0.2, -0.15) is 0 Å². The zero-order chi connectivity index (χ0) is 19.2. The van der Waals surface area contributed by atoms with Crippen LogP contribution < -0.4 is 5.32 Å². The quantitative estimate of drug-likeness (QED) is 0.626. The molecule has 6 nitrogen and oxygen atoms in total. The van der Waals surface area contributed by atoms with Gasteiger partial charge in [-0.3, -0.25) is 19.8 Å². The monoisotopic (exact) mass is 371 g/mol. The normalized spacial score (nSPS) is 15.4. The largest absolute Gasteiger partial charge is 0.353 e. The number of halogens is 1. The van der Waals surface area contributed by atoms with E-state index >= 15 is 0 Å². The molecule has 1 saturated heterocycles. The van der Waals surface area contributed by atoms with Crippen molar-refractivity contribution in [2.75, 3.05) is 13.1 Å². The molecule has 1 aliphatic rings. The second-order valence-electron chi connectivity index (χ2n) is 6.81. The maximum absolute atomic E-state index is 13.7. The molecule has 27 heavy (non-hydrogen) atoms. The van der Waals surface area contributed by atoms with Gasteiger partial charge in [0.2, 0.25) is 5.91 Å². The van der Waals surface area contributed by atoms with E-state index in [0.717, 1.165) is 31.5 Å². The smallest absolute Gasteiger partial charge is 0.269 e. The van der Waals surface area contributed by atoms with E-state index in [9.17, 15) is 19.3 Å². The van der Waals surface area contributed by atoms with Crippen LogP contribution in [0.1, 0.15) is 24.0 Å². The molecule has 0 unspecified atom stereocenters.